The zero-order chi connectivity index (χ0) is 15.2. The van der Waals surface area contributed by atoms with E-state index in [1.54, 1.807) is 0 Å². The molecule has 2 aromatic rings. The first-order chi connectivity index (χ1) is 10.1. The first-order valence-corrected chi connectivity index (χ1v) is 6.84. The standard InChI is InChI=1S/C18H18N2O/c1-13(2)18(21)20-17-10-6-4-8-15(17)12-11-14-7-3-5-9-16(14)19/h3-10,13H,19H2,1-2H3,(H,20,21). The average molecular weight is 278 g/mol. The minimum absolute atomic E-state index is 0.0246. The van der Waals surface area contributed by atoms with E-state index in [0.29, 0.717) is 5.69 Å². The van der Waals surface area contributed by atoms with E-state index in [1.807, 2.05) is 62.4 Å². The van der Waals surface area contributed by atoms with Crippen molar-refractivity contribution in [3.8, 4) is 11.8 Å². The molecule has 0 atom stereocenters. The van der Waals surface area contributed by atoms with E-state index in [9.17, 15) is 4.79 Å². The number of hydrogen-bond donors (Lipinski definition) is 2. The van der Waals surface area contributed by atoms with Crippen molar-refractivity contribution < 1.29 is 4.79 Å². The lowest BCUT2D eigenvalue weighted by Crippen LogP contribution is -2.18. The summed E-state index contributed by atoms with van der Waals surface area (Å²) >= 11 is 0. The summed E-state index contributed by atoms with van der Waals surface area (Å²) in [5.41, 5.74) is 8.79. The summed E-state index contributed by atoms with van der Waals surface area (Å²) in [6.07, 6.45) is 0. The number of para-hydroxylation sites is 2. The Hall–Kier alpha value is -2.73. The van der Waals surface area contributed by atoms with Gasteiger partial charge in [-0.3, -0.25) is 4.79 Å². The van der Waals surface area contributed by atoms with Crippen LogP contribution in [0.1, 0.15) is 25.0 Å². The van der Waals surface area contributed by atoms with Crippen molar-refractivity contribution in [1.29, 1.82) is 0 Å². The third-order valence-electron chi connectivity index (χ3n) is 3.00. The van der Waals surface area contributed by atoms with Gasteiger partial charge in [0.25, 0.3) is 0 Å². The summed E-state index contributed by atoms with van der Waals surface area (Å²) in [5.74, 6) is 6.02. The fraction of sp³-hybridized carbons (Fsp3) is 0.167. The Kier molecular flexibility index (Phi) is 4.63. The number of hydrogen-bond acceptors (Lipinski definition) is 2. The summed E-state index contributed by atoms with van der Waals surface area (Å²) in [6.45, 7) is 3.71. The van der Waals surface area contributed by atoms with Crippen molar-refractivity contribution in [3.63, 3.8) is 0 Å². The van der Waals surface area contributed by atoms with Crippen molar-refractivity contribution >= 4 is 17.3 Å². The van der Waals surface area contributed by atoms with Crippen LogP contribution in [0.15, 0.2) is 48.5 Å². The zero-order valence-electron chi connectivity index (χ0n) is 12.2. The van der Waals surface area contributed by atoms with Gasteiger partial charge in [0.2, 0.25) is 5.91 Å². The molecule has 3 nitrogen and oxygen atoms in total. The number of amides is 1. The average Bonchev–Trinajstić information content (AvgIpc) is 2.47. The highest BCUT2D eigenvalue weighted by atomic mass is 16.1. The van der Waals surface area contributed by atoms with Crippen LogP contribution in [0.2, 0.25) is 0 Å². The van der Waals surface area contributed by atoms with Gasteiger partial charge in [0.05, 0.1) is 5.69 Å². The summed E-state index contributed by atoms with van der Waals surface area (Å²) in [6, 6.07) is 14.9. The number of benzene rings is 2. The summed E-state index contributed by atoms with van der Waals surface area (Å²) in [4.78, 5) is 11.8. The van der Waals surface area contributed by atoms with Gasteiger partial charge in [0.1, 0.15) is 0 Å². The van der Waals surface area contributed by atoms with Gasteiger partial charge in [0, 0.05) is 22.7 Å². The van der Waals surface area contributed by atoms with Gasteiger partial charge in [-0.1, -0.05) is 50.0 Å². The minimum Gasteiger partial charge on any atom is -0.398 e. The van der Waals surface area contributed by atoms with Gasteiger partial charge in [-0.25, -0.2) is 0 Å². The largest absolute Gasteiger partial charge is 0.398 e. The van der Waals surface area contributed by atoms with Crippen molar-refractivity contribution in [1.82, 2.24) is 0 Å². The Morgan fingerprint density at radius 3 is 2.24 bits per heavy atom. The Bertz CT molecular complexity index is 708. The Balaban J connectivity index is 2.30. The zero-order valence-corrected chi connectivity index (χ0v) is 12.2. The molecule has 0 fully saturated rings. The molecule has 3 heteroatoms. The molecule has 0 unspecified atom stereocenters. The molecule has 3 N–H and O–H groups in total. The van der Waals surface area contributed by atoms with Crippen molar-refractivity contribution in [2.24, 2.45) is 5.92 Å². The third kappa shape index (κ3) is 3.87. The molecule has 0 aliphatic rings. The van der Waals surface area contributed by atoms with Crippen LogP contribution < -0.4 is 11.1 Å². The molecule has 0 saturated carbocycles. The first-order valence-electron chi connectivity index (χ1n) is 6.84. The number of rotatable bonds is 2. The maximum atomic E-state index is 11.8. The Morgan fingerprint density at radius 1 is 1.00 bits per heavy atom. The highest BCUT2D eigenvalue weighted by Gasteiger charge is 2.08. The molecule has 2 aromatic carbocycles. The highest BCUT2D eigenvalue weighted by Crippen LogP contribution is 2.16. The molecular formula is C18H18N2O. The molecule has 0 saturated heterocycles. The molecular weight excluding hydrogens is 260 g/mol. The van der Waals surface area contributed by atoms with E-state index < -0.39 is 0 Å². The number of carbonyl (C=O) groups excluding carboxylic acids is 1. The van der Waals surface area contributed by atoms with Crippen molar-refractivity contribution in [3.05, 3.63) is 59.7 Å². The molecule has 0 radical (unpaired) electrons. The molecule has 0 aliphatic heterocycles. The van der Waals surface area contributed by atoms with Crippen LogP contribution >= 0.6 is 0 Å². The molecule has 2 rings (SSSR count). The fourth-order valence-corrected chi connectivity index (χ4v) is 1.72. The first kappa shape index (κ1) is 14.7. The maximum absolute atomic E-state index is 11.8. The molecule has 0 aliphatic carbocycles. The monoisotopic (exact) mass is 278 g/mol. The molecule has 1 amide bonds. The van der Waals surface area contributed by atoms with Gasteiger partial charge in [-0.2, -0.15) is 0 Å². The minimum atomic E-state index is -0.0733. The fourth-order valence-electron chi connectivity index (χ4n) is 1.72. The van der Waals surface area contributed by atoms with Crippen LogP contribution in [0.3, 0.4) is 0 Å². The van der Waals surface area contributed by atoms with E-state index in [1.165, 1.54) is 0 Å². The van der Waals surface area contributed by atoms with Crippen molar-refractivity contribution in [2.75, 3.05) is 11.1 Å². The maximum Gasteiger partial charge on any atom is 0.226 e. The lowest BCUT2D eigenvalue weighted by Gasteiger charge is -2.09. The van der Waals surface area contributed by atoms with Crippen LogP contribution in [-0.4, -0.2) is 5.91 Å². The van der Waals surface area contributed by atoms with Crippen LogP contribution in [0.5, 0.6) is 0 Å². The van der Waals surface area contributed by atoms with Gasteiger partial charge < -0.3 is 11.1 Å². The Morgan fingerprint density at radius 2 is 1.57 bits per heavy atom. The number of anilines is 2. The summed E-state index contributed by atoms with van der Waals surface area (Å²) < 4.78 is 0. The quantitative estimate of drug-likeness (QED) is 0.654. The van der Waals surface area contributed by atoms with E-state index in [4.69, 9.17) is 5.73 Å². The number of nitrogen functional groups attached to an aromatic ring is 1. The topological polar surface area (TPSA) is 55.1 Å². The smallest absolute Gasteiger partial charge is 0.226 e. The van der Waals surface area contributed by atoms with Crippen LogP contribution in [-0.2, 0) is 4.79 Å². The summed E-state index contributed by atoms with van der Waals surface area (Å²) in [5, 5.41) is 2.89. The molecule has 0 aromatic heterocycles. The molecule has 0 spiro atoms. The molecule has 21 heavy (non-hydrogen) atoms. The SMILES string of the molecule is CC(C)C(=O)Nc1ccccc1C#Cc1ccccc1N. The number of carbonyl (C=O) groups is 1. The lowest BCUT2D eigenvalue weighted by molar-refractivity contribution is -0.118. The van der Waals surface area contributed by atoms with Crippen LogP contribution in [0.4, 0.5) is 11.4 Å². The second-order valence-electron chi connectivity index (χ2n) is 5.03. The van der Waals surface area contributed by atoms with Gasteiger partial charge in [0.15, 0.2) is 0 Å². The van der Waals surface area contributed by atoms with E-state index in [0.717, 1.165) is 16.8 Å². The predicted octanol–water partition coefficient (Wildman–Crippen LogP) is 3.26. The van der Waals surface area contributed by atoms with Gasteiger partial charge in [-0.15, -0.1) is 0 Å². The summed E-state index contributed by atoms with van der Waals surface area (Å²) in [7, 11) is 0. The van der Waals surface area contributed by atoms with E-state index >= 15 is 0 Å². The second-order valence-corrected chi connectivity index (χ2v) is 5.03. The molecule has 0 heterocycles. The molecule has 106 valence electrons. The van der Waals surface area contributed by atoms with E-state index in [2.05, 4.69) is 17.2 Å². The third-order valence-corrected chi connectivity index (χ3v) is 3.00. The number of nitrogens with two attached hydrogens (primary N) is 1. The molecule has 0 bridgehead atoms. The van der Waals surface area contributed by atoms with E-state index in [-0.39, 0.29) is 11.8 Å². The number of nitrogens with one attached hydrogen (secondary N) is 1. The second kappa shape index (κ2) is 6.62. The van der Waals surface area contributed by atoms with Gasteiger partial charge in [-0.05, 0) is 24.3 Å². The lowest BCUT2D eigenvalue weighted by atomic mass is 10.1. The Labute approximate surface area is 125 Å². The predicted molar refractivity (Wildman–Crippen MR) is 86.7 cm³/mol. The van der Waals surface area contributed by atoms with Crippen LogP contribution in [0, 0.1) is 17.8 Å². The highest BCUT2D eigenvalue weighted by molar-refractivity contribution is 5.93. The van der Waals surface area contributed by atoms with Crippen LogP contribution in [0.25, 0.3) is 0 Å². The van der Waals surface area contributed by atoms with Gasteiger partial charge >= 0.3 is 0 Å². The van der Waals surface area contributed by atoms with Crippen molar-refractivity contribution in [2.45, 2.75) is 13.8 Å². The normalized spacial score (nSPS) is 9.86.